The van der Waals surface area contributed by atoms with Gasteiger partial charge >= 0.3 is 0 Å². The van der Waals surface area contributed by atoms with Crippen LogP contribution in [0.5, 0.6) is 0 Å². The molecule has 1 aliphatic carbocycles. The first-order valence-electron chi connectivity index (χ1n) is 10.1. The van der Waals surface area contributed by atoms with Gasteiger partial charge in [-0.3, -0.25) is 0 Å². The summed E-state index contributed by atoms with van der Waals surface area (Å²) in [5.74, 6) is 0.683. The lowest BCUT2D eigenvalue weighted by molar-refractivity contribution is 0.313. The summed E-state index contributed by atoms with van der Waals surface area (Å²) in [4.78, 5) is 9.13. The number of nitrogens with zero attached hydrogens (tertiary/aromatic N) is 6. The molecule has 1 saturated heterocycles. The van der Waals surface area contributed by atoms with Crippen LogP contribution < -0.4 is 15.5 Å². The Bertz CT molecular complexity index is 1050. The van der Waals surface area contributed by atoms with Gasteiger partial charge < -0.3 is 20.4 Å². The molecule has 8 heteroatoms. The second-order valence-electron chi connectivity index (χ2n) is 7.81. The van der Waals surface area contributed by atoms with Gasteiger partial charge in [-0.05, 0) is 44.2 Å². The highest BCUT2D eigenvalue weighted by Crippen LogP contribution is 2.29. The number of piperazine rings is 1. The molecule has 2 aromatic heterocycles. The summed E-state index contributed by atoms with van der Waals surface area (Å²) in [6, 6.07) is 13.1. The second kappa shape index (κ2) is 7.26. The SMILES string of the molecule is CN1CCN(c2ccc(Nc3cc(NC4CC4)c4ncc(C#N)n4n3)cc2)CC1. The molecular weight excluding hydrogens is 364 g/mol. The van der Waals surface area contributed by atoms with Crippen molar-refractivity contribution >= 4 is 28.5 Å². The molecule has 8 nitrogen and oxygen atoms in total. The van der Waals surface area contributed by atoms with E-state index in [-0.39, 0.29) is 0 Å². The number of hydrogen-bond acceptors (Lipinski definition) is 7. The third-order valence-corrected chi connectivity index (χ3v) is 5.53. The van der Waals surface area contributed by atoms with Gasteiger partial charge in [-0.1, -0.05) is 0 Å². The quantitative estimate of drug-likeness (QED) is 0.695. The summed E-state index contributed by atoms with van der Waals surface area (Å²) in [6.07, 6.45) is 3.89. The Hall–Kier alpha value is -3.31. The van der Waals surface area contributed by atoms with Crippen LogP contribution in [0.3, 0.4) is 0 Å². The molecule has 0 radical (unpaired) electrons. The molecule has 2 fully saturated rings. The van der Waals surface area contributed by atoms with E-state index < -0.39 is 0 Å². The number of hydrogen-bond donors (Lipinski definition) is 2. The lowest BCUT2D eigenvalue weighted by atomic mass is 10.2. The lowest BCUT2D eigenvalue weighted by Crippen LogP contribution is -2.44. The van der Waals surface area contributed by atoms with Crippen LogP contribution in [0.1, 0.15) is 18.5 Å². The zero-order chi connectivity index (χ0) is 19.8. The molecule has 2 aliphatic rings. The maximum absolute atomic E-state index is 9.36. The minimum atomic E-state index is 0.424. The van der Waals surface area contributed by atoms with Crippen molar-refractivity contribution in [3.05, 3.63) is 42.2 Å². The maximum atomic E-state index is 9.36. The highest BCUT2D eigenvalue weighted by Gasteiger charge is 2.23. The number of nitriles is 1. The molecule has 29 heavy (non-hydrogen) atoms. The molecule has 3 heterocycles. The van der Waals surface area contributed by atoms with E-state index in [1.165, 1.54) is 5.69 Å². The van der Waals surface area contributed by atoms with Gasteiger partial charge in [0.15, 0.2) is 17.2 Å². The molecule has 0 spiro atoms. The van der Waals surface area contributed by atoms with Crippen molar-refractivity contribution in [2.45, 2.75) is 18.9 Å². The average molecular weight is 388 g/mol. The molecule has 148 valence electrons. The Kier molecular flexibility index (Phi) is 4.45. The van der Waals surface area contributed by atoms with Crippen molar-refractivity contribution in [1.82, 2.24) is 19.5 Å². The smallest absolute Gasteiger partial charge is 0.178 e. The zero-order valence-corrected chi connectivity index (χ0v) is 16.5. The molecule has 0 unspecified atom stereocenters. The van der Waals surface area contributed by atoms with E-state index in [1.54, 1.807) is 10.7 Å². The Morgan fingerprint density at radius 2 is 1.86 bits per heavy atom. The molecule has 0 amide bonds. The van der Waals surface area contributed by atoms with Gasteiger partial charge in [0.25, 0.3) is 0 Å². The third kappa shape index (κ3) is 3.69. The number of anilines is 4. The first kappa shape index (κ1) is 17.8. The van der Waals surface area contributed by atoms with Gasteiger partial charge in [-0.2, -0.15) is 9.78 Å². The fraction of sp³-hybridized carbons (Fsp3) is 0.381. The van der Waals surface area contributed by atoms with Gasteiger partial charge in [-0.25, -0.2) is 4.98 Å². The van der Waals surface area contributed by atoms with E-state index >= 15 is 0 Å². The highest BCUT2D eigenvalue weighted by molar-refractivity contribution is 5.73. The van der Waals surface area contributed by atoms with Crippen molar-refractivity contribution in [2.75, 3.05) is 48.8 Å². The fourth-order valence-corrected chi connectivity index (χ4v) is 3.63. The number of imidazole rings is 1. The number of nitrogens with one attached hydrogen (secondary N) is 2. The van der Waals surface area contributed by atoms with Crippen LogP contribution in [0, 0.1) is 11.3 Å². The van der Waals surface area contributed by atoms with Crippen LogP contribution in [-0.4, -0.2) is 58.8 Å². The molecule has 2 N–H and O–H groups in total. The normalized spacial score (nSPS) is 17.3. The van der Waals surface area contributed by atoms with E-state index in [9.17, 15) is 5.26 Å². The molecule has 1 aromatic carbocycles. The van der Waals surface area contributed by atoms with Gasteiger partial charge in [0.05, 0.1) is 11.9 Å². The second-order valence-corrected chi connectivity index (χ2v) is 7.81. The first-order valence-corrected chi connectivity index (χ1v) is 10.1. The largest absolute Gasteiger partial charge is 0.379 e. The average Bonchev–Trinajstić information content (AvgIpc) is 3.45. The predicted molar refractivity (Wildman–Crippen MR) is 114 cm³/mol. The Labute approximate surface area is 169 Å². The standard InChI is InChI=1S/C21H24N8/c1-27-8-10-28(11-9-27)17-6-4-16(5-7-17)25-20-12-19(24-15-2-3-15)21-23-14-18(13-22)29(21)26-20/h4-7,12,14-15,24H,2-3,8-11H2,1H3,(H,25,26). The summed E-state index contributed by atoms with van der Waals surface area (Å²) in [7, 11) is 2.17. The maximum Gasteiger partial charge on any atom is 0.178 e. The van der Waals surface area contributed by atoms with E-state index in [2.05, 4.69) is 67.9 Å². The predicted octanol–water partition coefficient (Wildman–Crippen LogP) is 2.67. The van der Waals surface area contributed by atoms with Crippen molar-refractivity contribution in [1.29, 1.82) is 5.26 Å². The van der Waals surface area contributed by atoms with E-state index in [0.29, 0.717) is 23.2 Å². The van der Waals surface area contributed by atoms with Crippen LogP contribution in [0.15, 0.2) is 36.5 Å². The van der Waals surface area contributed by atoms with Crippen LogP contribution in [-0.2, 0) is 0 Å². The van der Waals surface area contributed by atoms with Crippen LogP contribution in [0.4, 0.5) is 22.9 Å². The van der Waals surface area contributed by atoms with Crippen LogP contribution in [0.25, 0.3) is 5.65 Å². The summed E-state index contributed by atoms with van der Waals surface area (Å²) < 4.78 is 1.60. The van der Waals surface area contributed by atoms with Crippen LogP contribution >= 0.6 is 0 Å². The first-order chi connectivity index (χ1) is 14.2. The molecule has 3 aromatic rings. The minimum absolute atomic E-state index is 0.424. The molecule has 1 aliphatic heterocycles. The molecule has 5 rings (SSSR count). The van der Waals surface area contributed by atoms with Gasteiger partial charge in [0.2, 0.25) is 0 Å². The fourth-order valence-electron chi connectivity index (χ4n) is 3.63. The highest BCUT2D eigenvalue weighted by atomic mass is 15.3. The number of likely N-dealkylation sites (N-methyl/N-ethyl adjacent to an activating group) is 1. The Morgan fingerprint density at radius 3 is 2.55 bits per heavy atom. The Balaban J connectivity index is 1.38. The number of fused-ring (bicyclic) bond motifs is 1. The monoisotopic (exact) mass is 388 g/mol. The summed E-state index contributed by atoms with van der Waals surface area (Å²) in [5, 5.41) is 20.8. The van der Waals surface area contributed by atoms with Gasteiger partial charge in [-0.15, -0.1) is 5.10 Å². The molecule has 1 saturated carbocycles. The summed E-state index contributed by atoms with van der Waals surface area (Å²) in [6.45, 7) is 4.28. The van der Waals surface area contributed by atoms with Crippen molar-refractivity contribution in [2.24, 2.45) is 0 Å². The topological polar surface area (TPSA) is 84.5 Å². The van der Waals surface area contributed by atoms with Crippen molar-refractivity contribution in [3.8, 4) is 6.07 Å². The van der Waals surface area contributed by atoms with Crippen molar-refractivity contribution in [3.63, 3.8) is 0 Å². The minimum Gasteiger partial charge on any atom is -0.379 e. The molecule has 0 atom stereocenters. The van der Waals surface area contributed by atoms with Crippen molar-refractivity contribution < 1.29 is 0 Å². The van der Waals surface area contributed by atoms with E-state index in [0.717, 1.165) is 50.4 Å². The zero-order valence-electron chi connectivity index (χ0n) is 16.5. The van der Waals surface area contributed by atoms with E-state index in [1.807, 2.05) is 6.07 Å². The Morgan fingerprint density at radius 1 is 1.10 bits per heavy atom. The van der Waals surface area contributed by atoms with Crippen LogP contribution in [0.2, 0.25) is 0 Å². The summed E-state index contributed by atoms with van der Waals surface area (Å²) >= 11 is 0. The molecule has 0 bridgehead atoms. The number of rotatable bonds is 5. The third-order valence-electron chi connectivity index (χ3n) is 5.53. The lowest BCUT2D eigenvalue weighted by Gasteiger charge is -2.34. The van der Waals surface area contributed by atoms with Gasteiger partial charge in [0.1, 0.15) is 6.07 Å². The van der Waals surface area contributed by atoms with E-state index in [4.69, 9.17) is 0 Å². The molecular formula is C21H24N8. The number of aromatic nitrogens is 3. The number of benzene rings is 1. The summed E-state index contributed by atoms with van der Waals surface area (Å²) in [5.41, 5.74) is 4.22. The van der Waals surface area contributed by atoms with Gasteiger partial charge in [0, 0.05) is 49.7 Å².